The average Bonchev–Trinajstić information content (AvgIpc) is 2.64. The Hall–Kier alpha value is -2.86. The van der Waals surface area contributed by atoms with Crippen molar-refractivity contribution in [1.82, 2.24) is 4.90 Å². The van der Waals surface area contributed by atoms with Gasteiger partial charge >= 0.3 is 0 Å². The van der Waals surface area contributed by atoms with Crippen LogP contribution in [-0.2, 0) is 4.79 Å². The number of hydrogen-bond donors (Lipinski definition) is 1. The van der Waals surface area contributed by atoms with Crippen LogP contribution in [0.25, 0.3) is 0 Å². The van der Waals surface area contributed by atoms with Gasteiger partial charge < -0.3 is 19.9 Å². The highest BCUT2D eigenvalue weighted by Gasteiger charge is 2.31. The molecule has 2 amide bonds. The van der Waals surface area contributed by atoms with Crippen molar-refractivity contribution >= 4 is 23.2 Å². The summed E-state index contributed by atoms with van der Waals surface area (Å²) in [6.45, 7) is 7.08. The van der Waals surface area contributed by atoms with Crippen LogP contribution >= 0.6 is 0 Å². The van der Waals surface area contributed by atoms with E-state index in [1.165, 1.54) is 0 Å². The lowest BCUT2D eigenvalue weighted by molar-refractivity contribution is -0.125. The lowest BCUT2D eigenvalue weighted by atomic mass is 10.1. The highest BCUT2D eigenvalue weighted by molar-refractivity contribution is 6.05. The summed E-state index contributed by atoms with van der Waals surface area (Å²) in [5.74, 6) is 0.373. The third-order valence-corrected chi connectivity index (χ3v) is 4.97. The second-order valence-corrected chi connectivity index (χ2v) is 7.49. The van der Waals surface area contributed by atoms with Crippen molar-refractivity contribution < 1.29 is 14.3 Å². The van der Waals surface area contributed by atoms with Crippen LogP contribution in [0.5, 0.6) is 5.75 Å². The number of nitrogens with one attached hydrogen (secondary N) is 1. The molecule has 28 heavy (non-hydrogen) atoms. The summed E-state index contributed by atoms with van der Waals surface area (Å²) in [7, 11) is 3.95. The molecule has 1 aliphatic rings. The summed E-state index contributed by atoms with van der Waals surface area (Å²) in [6, 6.07) is 11.0. The Kier molecular flexibility index (Phi) is 5.70. The number of hydrogen-bond acceptors (Lipinski definition) is 4. The number of carbonyl (C=O) groups excluding carboxylic acids is 2. The number of amides is 2. The van der Waals surface area contributed by atoms with Crippen LogP contribution in [0, 0.1) is 13.8 Å². The van der Waals surface area contributed by atoms with Gasteiger partial charge in [-0.05, 0) is 70.3 Å². The molecule has 6 nitrogen and oxygen atoms in total. The van der Waals surface area contributed by atoms with Crippen LogP contribution < -0.4 is 15.0 Å². The van der Waals surface area contributed by atoms with Crippen LogP contribution in [0.3, 0.4) is 0 Å². The number of fused-ring (bicyclic) bond motifs is 1. The number of aryl methyl sites for hydroxylation is 2. The highest BCUT2D eigenvalue weighted by atomic mass is 16.5. The Balaban J connectivity index is 1.82. The van der Waals surface area contributed by atoms with Gasteiger partial charge in [-0.15, -0.1) is 0 Å². The third kappa shape index (κ3) is 4.17. The molecule has 0 saturated carbocycles. The lowest BCUT2D eigenvalue weighted by Gasteiger charge is -2.34. The van der Waals surface area contributed by atoms with Crippen molar-refractivity contribution in [3.8, 4) is 5.75 Å². The quantitative estimate of drug-likeness (QED) is 0.864. The van der Waals surface area contributed by atoms with Crippen molar-refractivity contribution in [2.45, 2.75) is 26.9 Å². The van der Waals surface area contributed by atoms with Gasteiger partial charge in [0.2, 0.25) is 0 Å². The number of ether oxygens (including phenoxy) is 1. The summed E-state index contributed by atoms with van der Waals surface area (Å²) < 4.78 is 5.79. The molecule has 2 aromatic rings. The zero-order valence-corrected chi connectivity index (χ0v) is 17.1. The van der Waals surface area contributed by atoms with E-state index in [2.05, 4.69) is 5.32 Å². The van der Waals surface area contributed by atoms with E-state index in [-0.39, 0.29) is 11.8 Å². The first-order chi connectivity index (χ1) is 13.3. The number of rotatable bonds is 5. The standard InChI is InChI=1S/C22H27N3O3/c1-14-6-7-17(12-15(14)2)21(26)23-18-8-9-19-20(13-18)28-16(3)22(27)25(19)11-10-24(4)5/h6-9,12-13,16H,10-11H2,1-5H3,(H,23,26). The SMILES string of the molecule is Cc1ccc(C(=O)Nc2ccc3c(c2)OC(C)C(=O)N3CCN(C)C)cc1C. The van der Waals surface area contributed by atoms with E-state index in [9.17, 15) is 9.59 Å². The van der Waals surface area contributed by atoms with E-state index in [0.717, 1.165) is 23.4 Å². The van der Waals surface area contributed by atoms with E-state index >= 15 is 0 Å². The molecule has 6 heteroatoms. The van der Waals surface area contributed by atoms with Crippen LogP contribution in [0.2, 0.25) is 0 Å². The van der Waals surface area contributed by atoms with Gasteiger partial charge in [0.1, 0.15) is 5.75 Å². The molecule has 1 unspecified atom stereocenters. The molecule has 0 saturated heterocycles. The van der Waals surface area contributed by atoms with Gasteiger partial charge in [-0.25, -0.2) is 0 Å². The molecule has 2 aromatic carbocycles. The molecule has 0 spiro atoms. The van der Waals surface area contributed by atoms with Crippen LogP contribution in [0.4, 0.5) is 11.4 Å². The fourth-order valence-electron chi connectivity index (χ4n) is 3.10. The lowest BCUT2D eigenvalue weighted by Crippen LogP contribution is -2.46. The van der Waals surface area contributed by atoms with Gasteiger partial charge in [-0.2, -0.15) is 0 Å². The van der Waals surface area contributed by atoms with E-state index in [1.807, 2.05) is 57.1 Å². The molecule has 0 bridgehead atoms. The highest BCUT2D eigenvalue weighted by Crippen LogP contribution is 2.36. The molecule has 1 atom stereocenters. The Morgan fingerprint density at radius 3 is 2.57 bits per heavy atom. The van der Waals surface area contributed by atoms with Gasteiger partial charge in [-0.3, -0.25) is 9.59 Å². The Bertz CT molecular complexity index is 908. The molecule has 0 fully saturated rings. The zero-order valence-electron chi connectivity index (χ0n) is 17.1. The van der Waals surface area contributed by atoms with E-state index in [0.29, 0.717) is 23.5 Å². The van der Waals surface area contributed by atoms with Gasteiger partial charge in [0.25, 0.3) is 11.8 Å². The number of likely N-dealkylation sites (N-methyl/N-ethyl adjacent to an activating group) is 1. The van der Waals surface area contributed by atoms with Crippen molar-refractivity contribution in [2.24, 2.45) is 0 Å². The molecule has 0 aliphatic carbocycles. The first kappa shape index (κ1) is 19.9. The summed E-state index contributed by atoms with van der Waals surface area (Å²) in [5, 5.41) is 2.92. The monoisotopic (exact) mass is 381 g/mol. The third-order valence-electron chi connectivity index (χ3n) is 4.97. The molecule has 1 N–H and O–H groups in total. The van der Waals surface area contributed by atoms with Crippen molar-refractivity contribution in [2.75, 3.05) is 37.4 Å². The van der Waals surface area contributed by atoms with Gasteiger partial charge in [-0.1, -0.05) is 6.07 Å². The van der Waals surface area contributed by atoms with Gasteiger partial charge in [0.05, 0.1) is 5.69 Å². The minimum atomic E-state index is -0.555. The van der Waals surface area contributed by atoms with E-state index in [1.54, 1.807) is 24.0 Å². The molecule has 1 aliphatic heterocycles. The van der Waals surface area contributed by atoms with Gasteiger partial charge in [0.15, 0.2) is 6.10 Å². The minimum absolute atomic E-state index is 0.0544. The second-order valence-electron chi connectivity index (χ2n) is 7.49. The minimum Gasteiger partial charge on any atom is -0.479 e. The molecule has 148 valence electrons. The maximum absolute atomic E-state index is 12.6. The fourth-order valence-corrected chi connectivity index (χ4v) is 3.10. The maximum Gasteiger partial charge on any atom is 0.267 e. The van der Waals surface area contributed by atoms with E-state index < -0.39 is 6.10 Å². The average molecular weight is 381 g/mol. The molecule has 1 heterocycles. The van der Waals surface area contributed by atoms with Gasteiger partial charge in [0, 0.05) is 30.4 Å². The number of carbonyl (C=O) groups is 2. The number of benzene rings is 2. The van der Waals surface area contributed by atoms with Crippen molar-refractivity contribution in [1.29, 1.82) is 0 Å². The van der Waals surface area contributed by atoms with E-state index in [4.69, 9.17) is 4.74 Å². The molecular weight excluding hydrogens is 354 g/mol. The first-order valence-electron chi connectivity index (χ1n) is 9.41. The molecule has 0 radical (unpaired) electrons. The second kappa shape index (κ2) is 8.02. The summed E-state index contributed by atoms with van der Waals surface area (Å²) in [4.78, 5) is 28.9. The maximum atomic E-state index is 12.6. The number of nitrogens with zero attached hydrogens (tertiary/aromatic N) is 2. The largest absolute Gasteiger partial charge is 0.479 e. The Morgan fingerprint density at radius 1 is 1.14 bits per heavy atom. The Morgan fingerprint density at radius 2 is 1.89 bits per heavy atom. The number of anilines is 2. The first-order valence-corrected chi connectivity index (χ1v) is 9.41. The van der Waals surface area contributed by atoms with Crippen molar-refractivity contribution in [3.63, 3.8) is 0 Å². The Labute approximate surface area is 166 Å². The smallest absolute Gasteiger partial charge is 0.267 e. The summed E-state index contributed by atoms with van der Waals surface area (Å²) in [5.41, 5.74) is 4.20. The topological polar surface area (TPSA) is 61.9 Å². The fraction of sp³-hybridized carbons (Fsp3) is 0.364. The predicted octanol–water partition coefficient (Wildman–Crippen LogP) is 3.23. The summed E-state index contributed by atoms with van der Waals surface area (Å²) in [6.07, 6.45) is -0.555. The molecular formula is C22H27N3O3. The summed E-state index contributed by atoms with van der Waals surface area (Å²) >= 11 is 0. The van der Waals surface area contributed by atoms with Crippen molar-refractivity contribution in [3.05, 3.63) is 53.1 Å². The van der Waals surface area contributed by atoms with Crippen LogP contribution in [0.1, 0.15) is 28.4 Å². The normalized spacial score (nSPS) is 16.0. The van der Waals surface area contributed by atoms with Crippen LogP contribution in [0.15, 0.2) is 36.4 Å². The molecule has 0 aromatic heterocycles. The van der Waals surface area contributed by atoms with Crippen LogP contribution in [-0.4, -0.2) is 50.0 Å². The molecule has 3 rings (SSSR count). The zero-order chi connectivity index (χ0) is 20.4. The predicted molar refractivity (Wildman–Crippen MR) is 111 cm³/mol.